The molecule has 0 aromatic heterocycles. The Morgan fingerprint density at radius 2 is 1.50 bits per heavy atom. The molecule has 0 aliphatic carbocycles. The molecule has 0 N–H and O–H groups in total. The van der Waals surface area contributed by atoms with E-state index in [2.05, 4.69) is 52.0 Å². The van der Waals surface area contributed by atoms with E-state index in [0.29, 0.717) is 0 Å². The molecule has 92 valence electrons. The van der Waals surface area contributed by atoms with Crippen LogP contribution in [0.1, 0.15) is 66.2 Å². The zero-order valence-corrected chi connectivity index (χ0v) is 11.6. The molecule has 0 unspecified atom stereocenters. The summed E-state index contributed by atoms with van der Waals surface area (Å²) < 4.78 is 0. The van der Waals surface area contributed by atoms with E-state index >= 15 is 0 Å². The van der Waals surface area contributed by atoms with Gasteiger partial charge in [0, 0.05) is 0 Å². The molecule has 0 fully saturated rings. The van der Waals surface area contributed by atoms with E-state index in [1.807, 2.05) is 0 Å². The standard InChI is InChI=1S/C16H28/c1-5-6-7-8-9-10-13-16(4)14-11-12-15(2)3/h7-8,12-13H,5-6,9-11,14H2,1-4H3/b8-7+,16-13+. The molecule has 0 aliphatic rings. The van der Waals surface area contributed by atoms with Crippen molar-refractivity contribution in [3.63, 3.8) is 0 Å². The van der Waals surface area contributed by atoms with E-state index < -0.39 is 0 Å². The first-order chi connectivity index (χ1) is 7.66. The Morgan fingerprint density at radius 3 is 2.12 bits per heavy atom. The Kier molecular flexibility index (Phi) is 10.2. The number of allylic oxidation sites excluding steroid dienone is 6. The van der Waals surface area contributed by atoms with Crippen LogP contribution in [0.4, 0.5) is 0 Å². The molecule has 0 amide bonds. The zero-order valence-electron chi connectivity index (χ0n) is 11.6. The van der Waals surface area contributed by atoms with Crippen molar-refractivity contribution in [1.82, 2.24) is 0 Å². The summed E-state index contributed by atoms with van der Waals surface area (Å²) in [4.78, 5) is 0. The molecule has 0 aromatic rings. The Bertz CT molecular complexity index is 237. The van der Waals surface area contributed by atoms with Crippen LogP contribution in [0.3, 0.4) is 0 Å². The van der Waals surface area contributed by atoms with E-state index in [-0.39, 0.29) is 0 Å². The summed E-state index contributed by atoms with van der Waals surface area (Å²) in [6.07, 6.45) is 16.6. The van der Waals surface area contributed by atoms with Gasteiger partial charge in [0.15, 0.2) is 0 Å². The van der Waals surface area contributed by atoms with Crippen LogP contribution in [-0.2, 0) is 0 Å². The van der Waals surface area contributed by atoms with E-state index in [9.17, 15) is 0 Å². The predicted molar refractivity (Wildman–Crippen MR) is 75.7 cm³/mol. The van der Waals surface area contributed by atoms with Crippen LogP contribution in [0.5, 0.6) is 0 Å². The van der Waals surface area contributed by atoms with Gasteiger partial charge in [0.2, 0.25) is 0 Å². The van der Waals surface area contributed by atoms with Gasteiger partial charge in [-0.1, -0.05) is 48.8 Å². The quantitative estimate of drug-likeness (QED) is 0.357. The molecular weight excluding hydrogens is 192 g/mol. The predicted octanol–water partition coefficient (Wildman–Crippen LogP) is 5.82. The average Bonchev–Trinajstić information content (AvgIpc) is 2.22. The van der Waals surface area contributed by atoms with Crippen LogP contribution in [0, 0.1) is 0 Å². The highest BCUT2D eigenvalue weighted by Gasteiger charge is 1.88. The van der Waals surface area contributed by atoms with E-state index in [0.717, 1.165) is 0 Å². The zero-order chi connectivity index (χ0) is 12.2. The summed E-state index contributed by atoms with van der Waals surface area (Å²) in [6, 6.07) is 0. The minimum atomic E-state index is 1.19. The first kappa shape index (κ1) is 15.2. The van der Waals surface area contributed by atoms with Crippen LogP contribution in [0.2, 0.25) is 0 Å². The summed E-state index contributed by atoms with van der Waals surface area (Å²) in [5.41, 5.74) is 2.96. The molecule has 0 radical (unpaired) electrons. The highest BCUT2D eigenvalue weighted by molar-refractivity contribution is 5.02. The van der Waals surface area contributed by atoms with Crippen LogP contribution < -0.4 is 0 Å². The molecule has 0 aromatic carbocycles. The molecule has 0 atom stereocenters. The molecule has 0 nitrogen and oxygen atoms in total. The third kappa shape index (κ3) is 11.3. The Balaban J connectivity index is 3.59. The van der Waals surface area contributed by atoms with Crippen LogP contribution in [0.25, 0.3) is 0 Å². The lowest BCUT2D eigenvalue weighted by atomic mass is 10.1. The first-order valence-electron chi connectivity index (χ1n) is 6.60. The maximum Gasteiger partial charge on any atom is -0.0288 e. The van der Waals surface area contributed by atoms with Crippen molar-refractivity contribution in [1.29, 1.82) is 0 Å². The molecule has 0 spiro atoms. The van der Waals surface area contributed by atoms with Gasteiger partial charge in [0.25, 0.3) is 0 Å². The monoisotopic (exact) mass is 220 g/mol. The van der Waals surface area contributed by atoms with Gasteiger partial charge in [0.1, 0.15) is 0 Å². The number of unbranched alkanes of at least 4 members (excludes halogenated alkanes) is 2. The second kappa shape index (κ2) is 10.7. The lowest BCUT2D eigenvalue weighted by Gasteiger charge is -1.98. The van der Waals surface area contributed by atoms with E-state index in [4.69, 9.17) is 0 Å². The van der Waals surface area contributed by atoms with Crippen molar-refractivity contribution in [2.75, 3.05) is 0 Å². The second-order valence-corrected chi connectivity index (χ2v) is 4.71. The number of hydrogen-bond acceptors (Lipinski definition) is 0. The summed E-state index contributed by atoms with van der Waals surface area (Å²) in [7, 11) is 0. The fourth-order valence-corrected chi connectivity index (χ4v) is 1.52. The van der Waals surface area contributed by atoms with E-state index in [1.165, 1.54) is 49.7 Å². The van der Waals surface area contributed by atoms with Crippen molar-refractivity contribution < 1.29 is 0 Å². The summed E-state index contributed by atoms with van der Waals surface area (Å²) >= 11 is 0. The lowest BCUT2D eigenvalue weighted by molar-refractivity contribution is 0.924. The van der Waals surface area contributed by atoms with E-state index in [1.54, 1.807) is 0 Å². The SMILES string of the molecule is CCC/C=C/CC/C=C(\C)CCC=C(C)C. The minimum Gasteiger partial charge on any atom is -0.0885 e. The summed E-state index contributed by atoms with van der Waals surface area (Å²) in [5, 5.41) is 0. The van der Waals surface area contributed by atoms with Crippen molar-refractivity contribution in [3.05, 3.63) is 35.5 Å². The molecular formula is C16H28. The second-order valence-electron chi connectivity index (χ2n) is 4.71. The highest BCUT2D eigenvalue weighted by Crippen LogP contribution is 2.08. The molecule has 0 saturated heterocycles. The Labute approximate surface area is 102 Å². The Hall–Kier alpha value is -0.780. The minimum absolute atomic E-state index is 1.19. The number of hydrogen-bond donors (Lipinski definition) is 0. The van der Waals surface area contributed by atoms with Crippen LogP contribution in [0.15, 0.2) is 35.5 Å². The van der Waals surface area contributed by atoms with Gasteiger partial charge in [-0.2, -0.15) is 0 Å². The Morgan fingerprint density at radius 1 is 0.812 bits per heavy atom. The molecule has 0 heterocycles. The smallest absolute Gasteiger partial charge is 0.0288 e. The third-order valence-electron chi connectivity index (χ3n) is 2.54. The van der Waals surface area contributed by atoms with Crippen LogP contribution >= 0.6 is 0 Å². The highest BCUT2D eigenvalue weighted by atomic mass is 13.9. The van der Waals surface area contributed by atoms with Gasteiger partial charge in [-0.25, -0.2) is 0 Å². The molecule has 0 heteroatoms. The maximum atomic E-state index is 2.38. The number of rotatable bonds is 8. The first-order valence-corrected chi connectivity index (χ1v) is 6.60. The molecule has 0 bridgehead atoms. The normalized spacial score (nSPS) is 12.1. The van der Waals surface area contributed by atoms with Crippen molar-refractivity contribution in [2.24, 2.45) is 0 Å². The van der Waals surface area contributed by atoms with Gasteiger partial charge in [-0.3, -0.25) is 0 Å². The largest absolute Gasteiger partial charge is 0.0885 e. The molecule has 0 saturated carbocycles. The van der Waals surface area contributed by atoms with Gasteiger partial charge >= 0.3 is 0 Å². The lowest BCUT2D eigenvalue weighted by Crippen LogP contribution is -1.77. The summed E-state index contributed by atoms with van der Waals surface area (Å²) in [5.74, 6) is 0. The van der Waals surface area contributed by atoms with Crippen molar-refractivity contribution in [2.45, 2.75) is 66.2 Å². The third-order valence-corrected chi connectivity index (χ3v) is 2.54. The van der Waals surface area contributed by atoms with Gasteiger partial charge in [-0.15, -0.1) is 0 Å². The van der Waals surface area contributed by atoms with Gasteiger partial charge in [-0.05, 0) is 52.9 Å². The van der Waals surface area contributed by atoms with Gasteiger partial charge < -0.3 is 0 Å². The fourth-order valence-electron chi connectivity index (χ4n) is 1.52. The fraction of sp³-hybridized carbons (Fsp3) is 0.625. The van der Waals surface area contributed by atoms with Crippen molar-refractivity contribution >= 4 is 0 Å². The molecule has 0 aliphatic heterocycles. The van der Waals surface area contributed by atoms with Gasteiger partial charge in [0.05, 0.1) is 0 Å². The summed E-state index contributed by atoms with van der Waals surface area (Å²) in [6.45, 7) is 8.79. The van der Waals surface area contributed by atoms with Crippen LogP contribution in [-0.4, -0.2) is 0 Å². The maximum absolute atomic E-state index is 2.38. The van der Waals surface area contributed by atoms with Crippen molar-refractivity contribution in [3.8, 4) is 0 Å². The average molecular weight is 220 g/mol. The molecule has 0 rings (SSSR count). The molecule has 16 heavy (non-hydrogen) atoms. The topological polar surface area (TPSA) is 0 Å².